The van der Waals surface area contributed by atoms with Crippen molar-refractivity contribution in [3.05, 3.63) is 323 Å². The van der Waals surface area contributed by atoms with E-state index in [9.17, 15) is 0 Å². The van der Waals surface area contributed by atoms with E-state index in [1.165, 1.54) is 81.9 Å². The Labute approximate surface area is 456 Å². The molecule has 0 fully saturated rings. The number of hydrogen-bond donors (Lipinski definition) is 0. The molecule has 0 aliphatic heterocycles. The van der Waals surface area contributed by atoms with Crippen LogP contribution in [0.2, 0.25) is 0 Å². The van der Waals surface area contributed by atoms with Crippen molar-refractivity contribution in [3.63, 3.8) is 0 Å². The SMILES string of the molecule is C(=C\c1ccc(P(c2ccccc2)c2ccc(/C=C/c3ccccc3)cc2)cc1)/c1ccccc1.CC.CC(C)(C)c1ccc(P(c2ccc(/C=C/c3ccccc3)cc2)c2ccc(/C=C/c3ccccc3)cc2)cc1. The first kappa shape index (κ1) is 54.3. The smallest absolute Gasteiger partial charge is 0.0132 e. The normalized spacial score (nSPS) is 11.5. The lowest BCUT2D eigenvalue weighted by Crippen LogP contribution is -2.21. The molecule has 10 aromatic carbocycles. The maximum absolute atomic E-state index is 2.33. The zero-order chi connectivity index (χ0) is 52.8. The van der Waals surface area contributed by atoms with Crippen LogP contribution in [-0.2, 0) is 5.41 Å². The van der Waals surface area contributed by atoms with Crippen molar-refractivity contribution in [1.82, 2.24) is 0 Å². The van der Waals surface area contributed by atoms with Gasteiger partial charge in [0.05, 0.1) is 0 Å². The fraction of sp³-hybridized carbons (Fsp3) is 0.0811. The highest BCUT2D eigenvalue weighted by Crippen LogP contribution is 2.35. The molecule has 0 saturated heterocycles. The fourth-order valence-corrected chi connectivity index (χ4v) is 13.0. The van der Waals surface area contributed by atoms with Gasteiger partial charge in [-0.15, -0.1) is 0 Å². The van der Waals surface area contributed by atoms with Gasteiger partial charge in [0.25, 0.3) is 0 Å². The average Bonchev–Trinajstić information content (AvgIpc) is 3.49. The molecule has 10 rings (SSSR count). The van der Waals surface area contributed by atoms with Crippen molar-refractivity contribution < 1.29 is 0 Å². The molecule has 0 aliphatic carbocycles. The van der Waals surface area contributed by atoms with Crippen LogP contribution in [0.1, 0.15) is 84.7 Å². The third-order valence-corrected chi connectivity index (χ3v) is 17.6. The zero-order valence-corrected chi connectivity index (χ0v) is 46.3. The van der Waals surface area contributed by atoms with E-state index in [0.29, 0.717) is 0 Å². The molecular formula is C74H68P2. The van der Waals surface area contributed by atoms with E-state index in [1.807, 2.05) is 26.0 Å². The fourth-order valence-electron chi connectivity index (χ4n) is 8.55. The molecule has 0 saturated carbocycles. The summed E-state index contributed by atoms with van der Waals surface area (Å²) in [5, 5.41) is 8.17. The Bertz CT molecular complexity index is 3180. The predicted molar refractivity (Wildman–Crippen MR) is 342 cm³/mol. The Morgan fingerprint density at radius 3 is 0.592 bits per heavy atom. The minimum Gasteiger partial charge on any atom is -0.0683 e. The third-order valence-electron chi connectivity index (χ3n) is 12.7. The van der Waals surface area contributed by atoms with Crippen molar-refractivity contribution >= 4 is 96.3 Å². The van der Waals surface area contributed by atoms with Crippen LogP contribution in [0.25, 0.3) is 48.6 Å². The first-order chi connectivity index (χ1) is 37.3. The molecule has 0 aromatic heterocycles. The van der Waals surface area contributed by atoms with E-state index in [4.69, 9.17) is 0 Å². The second kappa shape index (κ2) is 28.1. The van der Waals surface area contributed by atoms with E-state index in [2.05, 4.69) is 330 Å². The van der Waals surface area contributed by atoms with Crippen LogP contribution in [0.5, 0.6) is 0 Å². The number of benzene rings is 10. The lowest BCUT2D eigenvalue weighted by Gasteiger charge is -2.23. The lowest BCUT2D eigenvalue weighted by atomic mass is 9.87. The Kier molecular flexibility index (Phi) is 20.0. The van der Waals surface area contributed by atoms with E-state index in [0.717, 1.165) is 0 Å². The van der Waals surface area contributed by atoms with Crippen molar-refractivity contribution in [2.75, 3.05) is 0 Å². The van der Waals surface area contributed by atoms with Gasteiger partial charge >= 0.3 is 0 Å². The first-order valence-corrected chi connectivity index (χ1v) is 29.1. The second-order valence-electron chi connectivity index (χ2n) is 19.1. The summed E-state index contributed by atoms with van der Waals surface area (Å²) in [6.45, 7) is 10.8. The highest BCUT2D eigenvalue weighted by Gasteiger charge is 2.20. The maximum Gasteiger partial charge on any atom is -0.0132 e. The van der Waals surface area contributed by atoms with Crippen LogP contribution in [0.15, 0.2) is 273 Å². The molecule has 0 aliphatic rings. The highest BCUT2D eigenvalue weighted by molar-refractivity contribution is 7.80. The summed E-state index contributed by atoms with van der Waals surface area (Å²) in [5.74, 6) is 0. The van der Waals surface area contributed by atoms with E-state index >= 15 is 0 Å². The summed E-state index contributed by atoms with van der Waals surface area (Å²) >= 11 is 0. The Morgan fingerprint density at radius 2 is 0.382 bits per heavy atom. The van der Waals surface area contributed by atoms with Crippen LogP contribution in [0.4, 0.5) is 0 Å². The van der Waals surface area contributed by atoms with Gasteiger partial charge in [-0.2, -0.15) is 0 Å². The highest BCUT2D eigenvalue weighted by atomic mass is 31.1. The Morgan fingerprint density at radius 1 is 0.211 bits per heavy atom. The van der Waals surface area contributed by atoms with Crippen LogP contribution in [-0.4, -0.2) is 0 Å². The summed E-state index contributed by atoms with van der Waals surface area (Å²) in [4.78, 5) is 0. The standard InChI is InChI=1S/C38H35P.C34H27P.C2H6/c1-38(2,3)34-22-28-37(29-23-34)39(35-24-18-32(19-25-35)16-14-30-10-6-4-7-11-30)36-26-20-33(21-27-36)17-15-31-12-8-5-9-13-31;1-4-10-28(11-5-1)16-18-30-20-24-33(25-21-30)35(32-14-8-3-9-15-32)34-26-22-31(23-27-34)19-17-29-12-6-2-7-13-29;1-2/h4-29H,1-3H3;1-27H;1-2H3/b16-14+,17-15+;18-16+,19-17+;. The van der Waals surface area contributed by atoms with Gasteiger partial charge in [0, 0.05) is 0 Å². The van der Waals surface area contributed by atoms with Crippen LogP contribution < -0.4 is 31.8 Å². The molecule has 0 heterocycles. The van der Waals surface area contributed by atoms with Gasteiger partial charge in [-0.3, -0.25) is 0 Å². The summed E-state index contributed by atoms with van der Waals surface area (Å²) in [6, 6.07) is 98.1. The molecule has 0 nitrogen and oxygen atoms in total. The molecule has 10 aromatic rings. The summed E-state index contributed by atoms with van der Waals surface area (Å²) in [7, 11) is -1.30. The van der Waals surface area contributed by atoms with E-state index < -0.39 is 15.8 Å². The van der Waals surface area contributed by atoms with Gasteiger partial charge in [-0.1, -0.05) is 356 Å². The van der Waals surface area contributed by atoms with Crippen LogP contribution in [0, 0.1) is 0 Å². The second-order valence-corrected chi connectivity index (χ2v) is 23.6. The summed E-state index contributed by atoms with van der Waals surface area (Å²) < 4.78 is 0. The third kappa shape index (κ3) is 16.0. The van der Waals surface area contributed by atoms with Crippen LogP contribution in [0.3, 0.4) is 0 Å². The number of hydrogen-bond acceptors (Lipinski definition) is 0. The van der Waals surface area contributed by atoms with E-state index in [-0.39, 0.29) is 5.41 Å². The topological polar surface area (TPSA) is 0 Å². The zero-order valence-electron chi connectivity index (χ0n) is 44.5. The molecule has 0 atom stereocenters. The quantitative estimate of drug-likeness (QED) is 0.0752. The van der Waals surface area contributed by atoms with Crippen LogP contribution >= 0.6 is 15.8 Å². The maximum atomic E-state index is 2.33. The monoisotopic (exact) mass is 1020 g/mol. The molecule has 0 amide bonds. The minimum atomic E-state index is -0.673. The van der Waals surface area contributed by atoms with Crippen molar-refractivity contribution in [2.24, 2.45) is 0 Å². The summed E-state index contributed by atoms with van der Waals surface area (Å²) in [6.07, 6.45) is 17.4. The molecular weight excluding hydrogens is 951 g/mol. The van der Waals surface area contributed by atoms with Crippen molar-refractivity contribution in [1.29, 1.82) is 0 Å². The molecule has 2 heteroatoms. The molecule has 0 unspecified atom stereocenters. The largest absolute Gasteiger partial charge is 0.0683 e. The van der Waals surface area contributed by atoms with Gasteiger partial charge in [-0.25, -0.2) is 0 Å². The first-order valence-electron chi connectivity index (χ1n) is 26.4. The average molecular weight is 1020 g/mol. The van der Waals surface area contributed by atoms with Gasteiger partial charge in [0.2, 0.25) is 0 Å². The Hall–Kier alpha value is -7.98. The van der Waals surface area contributed by atoms with Crippen molar-refractivity contribution in [3.8, 4) is 0 Å². The minimum absolute atomic E-state index is 0.140. The summed E-state index contributed by atoms with van der Waals surface area (Å²) in [5.41, 5.74) is 11.2. The number of rotatable bonds is 14. The lowest BCUT2D eigenvalue weighted by molar-refractivity contribution is 0.590. The molecule has 76 heavy (non-hydrogen) atoms. The van der Waals surface area contributed by atoms with Gasteiger partial charge in [-0.05, 0) is 103 Å². The molecule has 374 valence electrons. The molecule has 0 radical (unpaired) electrons. The van der Waals surface area contributed by atoms with E-state index in [1.54, 1.807) is 0 Å². The Balaban J connectivity index is 0.000000196. The van der Waals surface area contributed by atoms with Crippen molar-refractivity contribution in [2.45, 2.75) is 40.0 Å². The van der Waals surface area contributed by atoms with Gasteiger partial charge < -0.3 is 0 Å². The van der Waals surface area contributed by atoms with Gasteiger partial charge in [0.15, 0.2) is 0 Å². The molecule has 0 N–H and O–H groups in total. The molecule has 0 spiro atoms. The predicted octanol–water partition coefficient (Wildman–Crippen LogP) is 17.9. The van der Waals surface area contributed by atoms with Gasteiger partial charge in [0.1, 0.15) is 0 Å². The molecule has 0 bridgehead atoms.